The Labute approximate surface area is 83.2 Å². The second-order valence-corrected chi connectivity index (χ2v) is 3.99. The minimum Gasteiger partial charge on any atom is -0.444 e. The number of carbonyl (C=O) groups is 1. The lowest BCUT2D eigenvalue weighted by Gasteiger charge is -2.21. The van der Waals surface area contributed by atoms with E-state index in [4.69, 9.17) is 21.4 Å². The number of ether oxygens (including phenoxy) is 1. The third-order valence-corrected chi connectivity index (χ3v) is 1.50. The largest absolute Gasteiger partial charge is 0.444 e. The second-order valence-electron chi connectivity index (χ2n) is 3.68. The van der Waals surface area contributed by atoms with Gasteiger partial charge in [0.2, 0.25) is 0 Å². The van der Waals surface area contributed by atoms with Gasteiger partial charge in [0.1, 0.15) is 5.60 Å². The van der Waals surface area contributed by atoms with Crippen LogP contribution in [0.5, 0.6) is 0 Å². The molecule has 1 atom stereocenters. The molecule has 0 radical (unpaired) electrons. The molecule has 0 aromatic carbocycles. The molecule has 0 heterocycles. The molecule has 0 bridgehead atoms. The molecular formula is C8H16ClNO3. The van der Waals surface area contributed by atoms with Crippen molar-refractivity contribution < 1.29 is 14.6 Å². The molecule has 0 unspecified atom stereocenters. The lowest BCUT2D eigenvalue weighted by Crippen LogP contribution is -2.41. The molecule has 4 nitrogen and oxygen atoms in total. The Morgan fingerprint density at radius 3 is 2.46 bits per heavy atom. The molecule has 1 amide bonds. The van der Waals surface area contributed by atoms with Crippen LogP contribution in [0.4, 0.5) is 4.79 Å². The number of alkyl halides is 1. The Morgan fingerprint density at radius 1 is 1.62 bits per heavy atom. The van der Waals surface area contributed by atoms with E-state index in [1.165, 1.54) is 0 Å². The van der Waals surface area contributed by atoms with Crippen LogP contribution < -0.4 is 5.32 Å². The van der Waals surface area contributed by atoms with Gasteiger partial charge in [0, 0.05) is 5.88 Å². The highest BCUT2D eigenvalue weighted by molar-refractivity contribution is 6.18. The van der Waals surface area contributed by atoms with Crippen LogP contribution in [0.15, 0.2) is 0 Å². The summed E-state index contributed by atoms with van der Waals surface area (Å²) in [5.74, 6) is 0.162. The molecule has 5 heteroatoms. The van der Waals surface area contributed by atoms with Gasteiger partial charge in [-0.05, 0) is 20.8 Å². The fourth-order valence-electron chi connectivity index (χ4n) is 0.607. The standard InChI is InChI=1S/C8H16ClNO3/c1-8(2,3)13-7(12)10-6(4-9)5-11/h6,11H,4-5H2,1-3H3,(H,10,12)/t6-/m1/s1. The highest BCUT2D eigenvalue weighted by Crippen LogP contribution is 2.06. The second kappa shape index (κ2) is 5.29. The SMILES string of the molecule is CC(C)(C)OC(=O)N[C@@H](CO)CCl. The number of nitrogens with one attached hydrogen (secondary N) is 1. The Balaban J connectivity index is 3.86. The molecule has 0 aliphatic heterocycles. The van der Waals surface area contributed by atoms with Gasteiger partial charge in [-0.25, -0.2) is 4.79 Å². The van der Waals surface area contributed by atoms with Crippen molar-refractivity contribution >= 4 is 17.7 Å². The van der Waals surface area contributed by atoms with Gasteiger partial charge in [0.25, 0.3) is 0 Å². The van der Waals surface area contributed by atoms with Gasteiger partial charge in [-0.15, -0.1) is 11.6 Å². The van der Waals surface area contributed by atoms with Gasteiger partial charge in [-0.2, -0.15) is 0 Å². The predicted octanol–water partition coefficient (Wildman–Crippen LogP) is 1.11. The highest BCUT2D eigenvalue weighted by Gasteiger charge is 2.18. The molecule has 0 aromatic rings. The first-order valence-electron chi connectivity index (χ1n) is 4.05. The van der Waals surface area contributed by atoms with Crippen LogP contribution in [-0.2, 0) is 4.74 Å². The fourth-order valence-corrected chi connectivity index (χ4v) is 0.782. The van der Waals surface area contributed by atoms with E-state index >= 15 is 0 Å². The van der Waals surface area contributed by atoms with Crippen molar-refractivity contribution in [3.8, 4) is 0 Å². The van der Waals surface area contributed by atoms with Gasteiger partial charge in [-0.1, -0.05) is 0 Å². The molecule has 2 N–H and O–H groups in total. The molecule has 0 aromatic heterocycles. The van der Waals surface area contributed by atoms with Gasteiger partial charge >= 0.3 is 6.09 Å². The van der Waals surface area contributed by atoms with Gasteiger partial charge < -0.3 is 15.2 Å². The summed E-state index contributed by atoms with van der Waals surface area (Å²) in [5, 5.41) is 11.1. The summed E-state index contributed by atoms with van der Waals surface area (Å²) in [6, 6.07) is -0.448. The van der Waals surface area contributed by atoms with Crippen LogP contribution in [-0.4, -0.2) is 35.3 Å². The summed E-state index contributed by atoms with van der Waals surface area (Å²) < 4.78 is 4.95. The maximum Gasteiger partial charge on any atom is 0.407 e. The third-order valence-electron chi connectivity index (χ3n) is 1.13. The van der Waals surface area contributed by atoms with Crippen molar-refractivity contribution in [2.45, 2.75) is 32.4 Å². The summed E-state index contributed by atoms with van der Waals surface area (Å²) in [5.41, 5.74) is -0.531. The topological polar surface area (TPSA) is 58.6 Å². The molecule has 0 saturated heterocycles. The Hall–Kier alpha value is -0.480. The summed E-state index contributed by atoms with van der Waals surface area (Å²) >= 11 is 5.45. The van der Waals surface area contributed by atoms with E-state index in [-0.39, 0.29) is 12.5 Å². The number of hydrogen-bond acceptors (Lipinski definition) is 3. The number of aliphatic hydroxyl groups excluding tert-OH is 1. The van der Waals surface area contributed by atoms with Crippen molar-refractivity contribution in [3.05, 3.63) is 0 Å². The van der Waals surface area contributed by atoms with Crippen LogP contribution in [0, 0.1) is 0 Å². The fraction of sp³-hybridized carbons (Fsp3) is 0.875. The number of carbonyl (C=O) groups excluding carboxylic acids is 1. The van der Waals surface area contributed by atoms with Crippen LogP contribution in [0.25, 0.3) is 0 Å². The van der Waals surface area contributed by atoms with E-state index in [1.807, 2.05) is 0 Å². The van der Waals surface area contributed by atoms with E-state index in [0.717, 1.165) is 0 Å². The Morgan fingerprint density at radius 2 is 2.15 bits per heavy atom. The molecule has 0 saturated carbocycles. The van der Waals surface area contributed by atoms with Crippen LogP contribution >= 0.6 is 11.6 Å². The monoisotopic (exact) mass is 209 g/mol. The third kappa shape index (κ3) is 6.66. The first kappa shape index (κ1) is 12.5. The van der Waals surface area contributed by atoms with Gasteiger partial charge in [-0.3, -0.25) is 0 Å². The molecule has 0 aliphatic carbocycles. The minimum absolute atomic E-state index is 0.162. The molecule has 0 aliphatic rings. The maximum absolute atomic E-state index is 11.1. The predicted molar refractivity (Wildman–Crippen MR) is 51.0 cm³/mol. The summed E-state index contributed by atoms with van der Waals surface area (Å²) in [6.45, 7) is 5.10. The van der Waals surface area contributed by atoms with Crippen molar-refractivity contribution in [2.24, 2.45) is 0 Å². The number of aliphatic hydroxyl groups is 1. The number of hydrogen-bond donors (Lipinski definition) is 2. The number of halogens is 1. The van der Waals surface area contributed by atoms with E-state index in [9.17, 15) is 4.79 Å². The molecule has 0 fully saturated rings. The first-order valence-corrected chi connectivity index (χ1v) is 4.59. The maximum atomic E-state index is 11.1. The van der Waals surface area contributed by atoms with Crippen molar-refractivity contribution in [3.63, 3.8) is 0 Å². The lowest BCUT2D eigenvalue weighted by molar-refractivity contribution is 0.0490. The lowest BCUT2D eigenvalue weighted by atomic mass is 10.2. The van der Waals surface area contributed by atoms with Gasteiger partial charge in [0.05, 0.1) is 12.6 Å². The van der Waals surface area contributed by atoms with Crippen LogP contribution in [0.2, 0.25) is 0 Å². The van der Waals surface area contributed by atoms with E-state index < -0.39 is 17.7 Å². The molecule has 0 rings (SSSR count). The Bertz CT molecular complexity index is 163. The van der Waals surface area contributed by atoms with Crippen molar-refractivity contribution in [2.75, 3.05) is 12.5 Å². The van der Waals surface area contributed by atoms with E-state index in [2.05, 4.69) is 5.32 Å². The normalized spacial score (nSPS) is 13.6. The molecular weight excluding hydrogens is 194 g/mol. The number of amides is 1. The zero-order valence-corrected chi connectivity index (χ0v) is 8.89. The minimum atomic E-state index is -0.563. The van der Waals surface area contributed by atoms with E-state index in [1.54, 1.807) is 20.8 Å². The van der Waals surface area contributed by atoms with Crippen molar-refractivity contribution in [1.29, 1.82) is 0 Å². The summed E-state index contributed by atoms with van der Waals surface area (Å²) in [6.07, 6.45) is -0.563. The highest BCUT2D eigenvalue weighted by atomic mass is 35.5. The summed E-state index contributed by atoms with van der Waals surface area (Å²) in [4.78, 5) is 11.1. The number of alkyl carbamates (subject to hydrolysis) is 1. The van der Waals surface area contributed by atoms with Crippen LogP contribution in [0.3, 0.4) is 0 Å². The zero-order chi connectivity index (χ0) is 10.5. The van der Waals surface area contributed by atoms with Crippen LogP contribution in [0.1, 0.15) is 20.8 Å². The average Bonchev–Trinajstić information content (AvgIpc) is 1.96. The Kier molecular flexibility index (Phi) is 5.10. The zero-order valence-electron chi connectivity index (χ0n) is 8.13. The summed E-state index contributed by atoms with van der Waals surface area (Å²) in [7, 11) is 0. The van der Waals surface area contributed by atoms with Gasteiger partial charge in [0.15, 0.2) is 0 Å². The van der Waals surface area contributed by atoms with E-state index in [0.29, 0.717) is 0 Å². The molecule has 0 spiro atoms. The average molecular weight is 210 g/mol. The van der Waals surface area contributed by atoms with Crippen molar-refractivity contribution in [1.82, 2.24) is 5.32 Å². The molecule has 13 heavy (non-hydrogen) atoms. The quantitative estimate of drug-likeness (QED) is 0.685. The smallest absolute Gasteiger partial charge is 0.407 e. The molecule has 78 valence electrons. The number of rotatable bonds is 3. The first-order chi connectivity index (χ1) is 5.89.